The lowest BCUT2D eigenvalue weighted by atomic mass is 10.1. The SMILES string of the molecule is CCOc1cc(/C=C2\SC(=S)N(c3ccc(C)cc3C)C2=O)cc(Cl)c1OCc1ccc(Cl)cc1. The second-order valence-electron chi connectivity index (χ2n) is 7.99. The van der Waals surface area contributed by atoms with Gasteiger partial charge in [0.15, 0.2) is 15.8 Å². The monoisotopic (exact) mass is 543 g/mol. The van der Waals surface area contributed by atoms with Gasteiger partial charge in [-0.15, -0.1) is 0 Å². The summed E-state index contributed by atoms with van der Waals surface area (Å²) >= 11 is 19.4. The number of rotatable bonds is 7. The van der Waals surface area contributed by atoms with Crippen LogP contribution < -0.4 is 14.4 Å². The molecule has 35 heavy (non-hydrogen) atoms. The molecule has 8 heteroatoms. The Morgan fingerprint density at radius 2 is 1.77 bits per heavy atom. The van der Waals surface area contributed by atoms with E-state index in [1.165, 1.54) is 11.8 Å². The molecule has 0 atom stereocenters. The van der Waals surface area contributed by atoms with Crippen molar-refractivity contribution in [2.45, 2.75) is 27.4 Å². The minimum Gasteiger partial charge on any atom is -0.490 e. The molecule has 0 N–H and O–H groups in total. The summed E-state index contributed by atoms with van der Waals surface area (Å²) < 4.78 is 12.3. The molecule has 0 spiro atoms. The van der Waals surface area contributed by atoms with E-state index in [0.29, 0.717) is 44.0 Å². The lowest BCUT2D eigenvalue weighted by Crippen LogP contribution is -2.28. The van der Waals surface area contributed by atoms with Crippen LogP contribution in [0.25, 0.3) is 6.08 Å². The van der Waals surface area contributed by atoms with Crippen molar-refractivity contribution >= 4 is 69.2 Å². The van der Waals surface area contributed by atoms with Crippen molar-refractivity contribution < 1.29 is 14.3 Å². The topological polar surface area (TPSA) is 38.8 Å². The summed E-state index contributed by atoms with van der Waals surface area (Å²) in [6.45, 7) is 6.63. The van der Waals surface area contributed by atoms with E-state index in [1.54, 1.807) is 17.0 Å². The summed E-state index contributed by atoms with van der Waals surface area (Å²) in [4.78, 5) is 15.4. The second kappa shape index (κ2) is 11.0. The van der Waals surface area contributed by atoms with E-state index in [9.17, 15) is 4.79 Å². The molecule has 1 aliphatic heterocycles. The molecule has 3 aromatic carbocycles. The van der Waals surface area contributed by atoms with E-state index in [1.807, 2.05) is 69.3 Å². The van der Waals surface area contributed by atoms with Crippen molar-refractivity contribution in [2.75, 3.05) is 11.5 Å². The third kappa shape index (κ3) is 5.84. The van der Waals surface area contributed by atoms with Gasteiger partial charge in [-0.3, -0.25) is 9.69 Å². The van der Waals surface area contributed by atoms with Gasteiger partial charge < -0.3 is 9.47 Å². The number of carbonyl (C=O) groups excluding carboxylic acids is 1. The van der Waals surface area contributed by atoms with Crippen LogP contribution in [-0.4, -0.2) is 16.8 Å². The lowest BCUT2D eigenvalue weighted by Gasteiger charge is -2.17. The van der Waals surface area contributed by atoms with Crippen LogP contribution in [0.1, 0.15) is 29.2 Å². The van der Waals surface area contributed by atoms with Crippen LogP contribution in [0.15, 0.2) is 59.5 Å². The summed E-state index contributed by atoms with van der Waals surface area (Å²) in [6, 6.07) is 16.9. The number of nitrogens with zero attached hydrogens (tertiary/aromatic N) is 1. The molecule has 1 heterocycles. The fourth-order valence-corrected chi connectivity index (χ4v) is 5.38. The zero-order valence-corrected chi connectivity index (χ0v) is 22.6. The third-order valence-corrected chi connectivity index (χ3v) is 7.15. The predicted molar refractivity (Wildman–Crippen MR) is 150 cm³/mol. The summed E-state index contributed by atoms with van der Waals surface area (Å²) in [5.41, 5.74) is 4.58. The molecule has 1 fully saturated rings. The highest BCUT2D eigenvalue weighted by atomic mass is 35.5. The van der Waals surface area contributed by atoms with Crippen LogP contribution in [0.2, 0.25) is 10.0 Å². The molecule has 0 unspecified atom stereocenters. The van der Waals surface area contributed by atoms with Gasteiger partial charge >= 0.3 is 0 Å². The molecule has 1 aliphatic rings. The fourth-order valence-electron chi connectivity index (χ4n) is 3.69. The number of anilines is 1. The minimum atomic E-state index is -0.163. The molecule has 4 rings (SSSR count). The Bertz CT molecular complexity index is 1320. The van der Waals surface area contributed by atoms with Crippen molar-refractivity contribution in [1.29, 1.82) is 0 Å². The first-order valence-corrected chi connectivity index (χ1v) is 12.9. The Kier molecular flexibility index (Phi) is 8.07. The fraction of sp³-hybridized carbons (Fsp3) is 0.185. The van der Waals surface area contributed by atoms with Crippen LogP contribution >= 0.6 is 47.2 Å². The molecule has 180 valence electrons. The highest BCUT2D eigenvalue weighted by Crippen LogP contribution is 2.41. The molecule has 0 bridgehead atoms. The van der Waals surface area contributed by atoms with Gasteiger partial charge in [0.1, 0.15) is 6.61 Å². The average Bonchev–Trinajstić information content (AvgIpc) is 3.07. The van der Waals surface area contributed by atoms with Crippen molar-refractivity contribution in [1.82, 2.24) is 0 Å². The van der Waals surface area contributed by atoms with Crippen LogP contribution in [-0.2, 0) is 11.4 Å². The van der Waals surface area contributed by atoms with Gasteiger partial charge in [-0.05, 0) is 73.9 Å². The molecule has 1 amide bonds. The Balaban J connectivity index is 1.61. The Labute approximate surface area is 224 Å². The number of thioether (sulfide) groups is 1. The number of hydrogen-bond donors (Lipinski definition) is 0. The average molecular weight is 545 g/mol. The van der Waals surface area contributed by atoms with Gasteiger partial charge in [-0.25, -0.2) is 0 Å². The number of halogens is 2. The van der Waals surface area contributed by atoms with Gasteiger partial charge in [-0.1, -0.05) is 77.0 Å². The van der Waals surface area contributed by atoms with Gasteiger partial charge in [0.05, 0.1) is 22.2 Å². The van der Waals surface area contributed by atoms with Crippen molar-refractivity contribution in [3.63, 3.8) is 0 Å². The maximum absolute atomic E-state index is 13.3. The van der Waals surface area contributed by atoms with E-state index in [-0.39, 0.29) is 5.91 Å². The highest BCUT2D eigenvalue weighted by Gasteiger charge is 2.34. The maximum atomic E-state index is 13.3. The Hall–Kier alpha value is -2.51. The predicted octanol–water partition coefficient (Wildman–Crippen LogP) is 7.99. The van der Waals surface area contributed by atoms with Crippen LogP contribution in [0.3, 0.4) is 0 Å². The van der Waals surface area contributed by atoms with Crippen molar-refractivity contribution in [3.8, 4) is 11.5 Å². The van der Waals surface area contributed by atoms with E-state index in [2.05, 4.69) is 0 Å². The number of benzene rings is 3. The molecule has 0 aromatic heterocycles. The minimum absolute atomic E-state index is 0.163. The smallest absolute Gasteiger partial charge is 0.270 e. The summed E-state index contributed by atoms with van der Waals surface area (Å²) in [6.07, 6.45) is 1.78. The number of carbonyl (C=O) groups is 1. The molecule has 3 aromatic rings. The second-order valence-corrected chi connectivity index (χ2v) is 10.5. The quantitative estimate of drug-likeness (QED) is 0.223. The van der Waals surface area contributed by atoms with E-state index >= 15 is 0 Å². The van der Waals surface area contributed by atoms with Gasteiger partial charge in [-0.2, -0.15) is 0 Å². The standard InChI is InChI=1S/C27H23Cl2NO3S2/c1-4-32-23-13-19(12-21(29)25(23)33-15-18-6-8-20(28)9-7-18)14-24-26(31)30(27(34)35-24)22-10-5-16(2)11-17(22)3/h5-14H,4,15H2,1-3H3/b24-14-. The molecule has 1 saturated heterocycles. The van der Waals surface area contributed by atoms with E-state index in [0.717, 1.165) is 27.9 Å². The number of aryl methyl sites for hydroxylation is 2. The first-order chi connectivity index (χ1) is 16.8. The third-order valence-electron chi connectivity index (χ3n) is 5.31. The maximum Gasteiger partial charge on any atom is 0.270 e. The van der Waals surface area contributed by atoms with E-state index < -0.39 is 0 Å². The van der Waals surface area contributed by atoms with Gasteiger partial charge in [0, 0.05) is 5.02 Å². The highest BCUT2D eigenvalue weighted by molar-refractivity contribution is 8.27. The largest absolute Gasteiger partial charge is 0.490 e. The molecule has 4 nitrogen and oxygen atoms in total. The van der Waals surface area contributed by atoms with Crippen molar-refractivity contribution in [2.24, 2.45) is 0 Å². The first-order valence-electron chi connectivity index (χ1n) is 11.0. The summed E-state index contributed by atoms with van der Waals surface area (Å²) in [5.74, 6) is 0.789. The molecular formula is C27H23Cl2NO3S2. The summed E-state index contributed by atoms with van der Waals surface area (Å²) in [7, 11) is 0. The zero-order chi connectivity index (χ0) is 25.1. The molecular weight excluding hydrogens is 521 g/mol. The molecule has 0 radical (unpaired) electrons. The first kappa shape index (κ1) is 25.6. The molecule has 0 saturated carbocycles. The molecule has 0 aliphatic carbocycles. The van der Waals surface area contributed by atoms with E-state index in [4.69, 9.17) is 44.9 Å². The number of hydrogen-bond acceptors (Lipinski definition) is 5. The van der Waals surface area contributed by atoms with Gasteiger partial charge in [0.2, 0.25) is 0 Å². The summed E-state index contributed by atoms with van der Waals surface area (Å²) in [5, 5.41) is 1.05. The zero-order valence-electron chi connectivity index (χ0n) is 19.4. The van der Waals surface area contributed by atoms with Crippen LogP contribution in [0, 0.1) is 13.8 Å². The number of thiocarbonyl (C=S) groups is 1. The number of amides is 1. The normalized spacial score (nSPS) is 14.7. The van der Waals surface area contributed by atoms with Crippen molar-refractivity contribution in [3.05, 3.63) is 91.8 Å². The van der Waals surface area contributed by atoms with Gasteiger partial charge in [0.25, 0.3) is 5.91 Å². The number of ether oxygens (including phenoxy) is 2. The Morgan fingerprint density at radius 3 is 2.46 bits per heavy atom. The van der Waals surface area contributed by atoms with Crippen LogP contribution in [0.5, 0.6) is 11.5 Å². The Morgan fingerprint density at radius 1 is 1.03 bits per heavy atom. The lowest BCUT2D eigenvalue weighted by molar-refractivity contribution is -0.113. The van der Waals surface area contributed by atoms with Crippen LogP contribution in [0.4, 0.5) is 5.69 Å².